The van der Waals surface area contributed by atoms with Crippen molar-refractivity contribution in [2.24, 2.45) is 0 Å². The van der Waals surface area contributed by atoms with Crippen LogP contribution < -0.4 is 23.7 Å². The molecule has 4 N–H and O–H groups in total. The van der Waals surface area contributed by atoms with E-state index in [1.165, 1.54) is 25.9 Å². The summed E-state index contributed by atoms with van der Waals surface area (Å²) in [4.78, 5) is 26.3. The Bertz CT molecular complexity index is 5420. The molecule has 21 nitrogen and oxygen atoms in total. The van der Waals surface area contributed by atoms with Crippen LogP contribution in [0.15, 0.2) is 176 Å². The molecular weight excluding hydrogens is 1400 g/mol. The third-order valence-electron chi connectivity index (χ3n) is 21.0. The first-order valence-corrected chi connectivity index (χ1v) is 38.3. The molecule has 5 fully saturated rings. The van der Waals surface area contributed by atoms with Crippen molar-refractivity contribution in [1.29, 1.82) is 21.0 Å². The molecule has 0 spiro atoms. The third kappa shape index (κ3) is 17.9. The Morgan fingerprint density at radius 3 is 1.05 bits per heavy atom. The minimum absolute atomic E-state index is 0.0586. The van der Waals surface area contributed by atoms with Crippen LogP contribution in [0.3, 0.4) is 0 Å². The van der Waals surface area contributed by atoms with Crippen LogP contribution in [-0.4, -0.2) is 143 Å². The number of rotatable bonds is 19. The molecule has 6 aromatic carbocycles. The van der Waals surface area contributed by atoms with Gasteiger partial charge < -0.3 is 62.7 Å². The number of hydrogen-bond donors (Lipinski definition) is 4. The van der Waals surface area contributed by atoms with Crippen LogP contribution in [0.2, 0.25) is 0 Å². The summed E-state index contributed by atoms with van der Waals surface area (Å²) < 4.78 is 52.1. The number of H-pyrrole nitrogens is 3. The molecular formula is C90H87N11O10. The lowest BCUT2D eigenvalue weighted by Crippen LogP contribution is -2.26. The second kappa shape index (κ2) is 34.8. The number of benzene rings is 6. The number of aromatic nitrogens is 6. The summed E-state index contributed by atoms with van der Waals surface area (Å²) in [6.07, 6.45) is 14.8. The second-order valence-corrected chi connectivity index (χ2v) is 29.0. The number of aliphatic hydroxyl groups is 1. The molecule has 562 valence electrons. The molecule has 6 aromatic heterocycles. The van der Waals surface area contributed by atoms with Crippen molar-refractivity contribution in [3.8, 4) is 120 Å². The van der Waals surface area contributed by atoms with Crippen LogP contribution in [0, 0.1) is 45.3 Å². The zero-order valence-corrected chi connectivity index (χ0v) is 62.3. The van der Waals surface area contributed by atoms with Gasteiger partial charge in [0, 0.05) is 110 Å². The van der Waals surface area contributed by atoms with Crippen molar-refractivity contribution in [1.82, 2.24) is 34.8 Å². The maximum absolute atomic E-state index is 10.2. The van der Waals surface area contributed by atoms with Gasteiger partial charge in [-0.3, -0.25) is 4.90 Å². The predicted molar refractivity (Wildman–Crippen MR) is 424 cm³/mol. The molecule has 111 heavy (non-hydrogen) atoms. The number of pyridine rings is 3. The molecule has 17 rings (SSSR count). The maximum atomic E-state index is 10.2. The van der Waals surface area contributed by atoms with E-state index in [2.05, 4.69) is 83.3 Å². The van der Waals surface area contributed by atoms with Crippen LogP contribution in [-0.2, 0) is 24.5 Å². The van der Waals surface area contributed by atoms with E-state index in [-0.39, 0.29) is 24.4 Å². The summed E-state index contributed by atoms with van der Waals surface area (Å²) >= 11 is 0. The zero-order chi connectivity index (χ0) is 76.1. The number of nitrogens with one attached hydrogen (secondary N) is 3. The lowest BCUT2D eigenvalue weighted by atomic mass is 9.96. The number of ether oxygens (including phenoxy) is 9. The van der Waals surface area contributed by atoms with E-state index in [4.69, 9.17) is 42.6 Å². The molecule has 5 aliphatic rings. The Morgan fingerprint density at radius 1 is 0.405 bits per heavy atom. The minimum Gasteiger partial charge on any atom is -0.492 e. The number of aromatic amines is 3. The Morgan fingerprint density at radius 2 is 0.712 bits per heavy atom. The smallest absolute Gasteiger partial charge is 0.138 e. The van der Waals surface area contributed by atoms with Crippen LogP contribution in [0.5, 0.6) is 28.7 Å². The van der Waals surface area contributed by atoms with Crippen molar-refractivity contribution in [2.45, 2.75) is 108 Å². The molecule has 21 heteroatoms. The van der Waals surface area contributed by atoms with Crippen LogP contribution in [0.1, 0.15) is 106 Å². The highest BCUT2D eigenvalue weighted by atomic mass is 16.5. The van der Waals surface area contributed by atoms with Gasteiger partial charge in [0.05, 0.1) is 80.7 Å². The van der Waals surface area contributed by atoms with Crippen LogP contribution in [0.25, 0.3) is 100 Å². The van der Waals surface area contributed by atoms with Crippen molar-refractivity contribution >= 4 is 33.1 Å². The topological polar surface area (TPSA) is 288 Å². The molecule has 0 radical (unpaired) electrons. The number of nitriles is 4. The summed E-state index contributed by atoms with van der Waals surface area (Å²) in [5.74, 6) is 3.32. The summed E-state index contributed by atoms with van der Waals surface area (Å²) in [5, 5.41) is 52.4. The molecule has 0 unspecified atom stereocenters. The number of hydrogen-bond acceptors (Lipinski definition) is 18. The van der Waals surface area contributed by atoms with Gasteiger partial charge in [-0.2, -0.15) is 21.0 Å². The molecule has 0 bridgehead atoms. The van der Waals surface area contributed by atoms with Crippen LogP contribution >= 0.6 is 0 Å². The van der Waals surface area contributed by atoms with Gasteiger partial charge in [-0.1, -0.05) is 42.5 Å². The van der Waals surface area contributed by atoms with Gasteiger partial charge in [0.15, 0.2) is 0 Å². The molecule has 5 saturated heterocycles. The predicted octanol–water partition coefficient (Wildman–Crippen LogP) is 17.1. The zero-order valence-electron chi connectivity index (χ0n) is 62.3. The lowest BCUT2D eigenvalue weighted by Gasteiger charge is -2.24. The van der Waals surface area contributed by atoms with E-state index >= 15 is 0 Å². The minimum atomic E-state index is -0.882. The molecule has 0 amide bonds. The largest absolute Gasteiger partial charge is 0.492 e. The van der Waals surface area contributed by atoms with Crippen molar-refractivity contribution in [3.63, 3.8) is 0 Å². The van der Waals surface area contributed by atoms with Gasteiger partial charge in [0.25, 0.3) is 0 Å². The fourth-order valence-electron chi connectivity index (χ4n) is 14.8. The maximum Gasteiger partial charge on any atom is 0.138 e. The standard InChI is InChI=1S/C31H28N4O4.C31H32N4O3.C28H27N3O3/c32-18-22-15-20(1-3-29(22)38-24-6-11-36-12-7-24)26-5-10-34-31-27(26)17-28(35-31)21-2-4-30(23(16-21)19-33)39-25-8-13-37-14-9-25;32-21-24-19-23(5-8-30(24)38-26-10-16-36-17-11-26)27-9-12-33-31-28(27)20-29(34-31)22-3-6-25(7-4-22)37-18-15-35-13-1-2-14-35;1-28(2,32)21-6-3-18(4-7-21)25-16-24-23(9-12-30-27(24)31-25)19-5-8-26(20(15-19)17-29)34-22-10-13-33-14-11-22/h1-5,10,15-17,24-25H,6-9,11-14H2,(H,34,35);3-9,12,19-20,26H,1-2,10-11,13-18H2,(H,33,34);3-9,12,15-16,22,32H,10-11,13-14H2,1-2H3,(H,30,31). The molecule has 0 saturated carbocycles. The monoisotopic (exact) mass is 1480 g/mol. The molecule has 12 aromatic rings. The normalized spacial score (nSPS) is 16.0. The third-order valence-corrected chi connectivity index (χ3v) is 21.0. The van der Waals surface area contributed by atoms with E-state index in [1.54, 1.807) is 32.4 Å². The van der Waals surface area contributed by atoms with E-state index in [0.717, 1.165) is 169 Å². The number of likely N-dealkylation sites (tertiary alicyclic amines) is 1. The first kappa shape index (κ1) is 74.6. The molecule has 11 heterocycles. The number of nitrogens with zero attached hydrogens (tertiary/aromatic N) is 8. The average Bonchev–Trinajstić information content (AvgIpc) is 1.66. The van der Waals surface area contributed by atoms with Gasteiger partial charge in [-0.05, 0) is 211 Å². The molecule has 0 atom stereocenters. The highest BCUT2D eigenvalue weighted by molar-refractivity contribution is 5.99. The second-order valence-electron chi connectivity index (χ2n) is 29.0. The van der Waals surface area contributed by atoms with Gasteiger partial charge in [0.2, 0.25) is 0 Å². The van der Waals surface area contributed by atoms with Gasteiger partial charge >= 0.3 is 0 Å². The van der Waals surface area contributed by atoms with E-state index in [9.17, 15) is 26.2 Å². The average molecular weight is 1480 g/mol. The van der Waals surface area contributed by atoms with Gasteiger partial charge in [-0.15, -0.1) is 0 Å². The van der Waals surface area contributed by atoms with E-state index in [0.29, 0.717) is 105 Å². The Hall–Kier alpha value is -11.9. The SMILES string of the molecule is CC(C)(O)c1ccc(-c2cc3c(-c4ccc(OC5CCOCC5)c(C#N)c4)ccnc3[nH]2)cc1.N#Cc1cc(-c2cc3c(-c4ccc(OC5CCOCC5)c(C#N)c4)ccnc3[nH]2)ccc1OC1CCOCC1.N#Cc1cc(-c2ccnc3[nH]c(-c4ccc(OCCN5CCCC5)cc4)cc23)ccc1OC1CCOCC1. The number of fused-ring (bicyclic) bond motifs is 3. The molecule has 0 aliphatic carbocycles. The lowest BCUT2D eigenvalue weighted by molar-refractivity contribution is 0.0252. The Balaban J connectivity index is 0.000000132. The highest BCUT2D eigenvalue weighted by Gasteiger charge is 2.25. The summed E-state index contributed by atoms with van der Waals surface area (Å²) in [6.45, 7) is 13.1. The van der Waals surface area contributed by atoms with Crippen LogP contribution in [0.4, 0.5) is 0 Å². The Labute approximate surface area is 644 Å². The quantitative estimate of drug-likeness (QED) is 0.0585. The first-order valence-electron chi connectivity index (χ1n) is 38.3. The summed E-state index contributed by atoms with van der Waals surface area (Å²) in [7, 11) is 0. The summed E-state index contributed by atoms with van der Waals surface area (Å²) in [5.41, 5.74) is 15.8. The van der Waals surface area contributed by atoms with Gasteiger partial charge in [0.1, 0.15) is 101 Å². The van der Waals surface area contributed by atoms with E-state index < -0.39 is 5.60 Å². The fraction of sp³-hybridized carbons (Fsp3) is 0.322. The van der Waals surface area contributed by atoms with Crippen molar-refractivity contribution < 1.29 is 47.7 Å². The van der Waals surface area contributed by atoms with Gasteiger partial charge in [-0.25, -0.2) is 15.0 Å². The van der Waals surface area contributed by atoms with Crippen molar-refractivity contribution in [3.05, 3.63) is 204 Å². The summed E-state index contributed by atoms with van der Waals surface area (Å²) in [6, 6.07) is 60.4. The Kier molecular flexibility index (Phi) is 23.4. The highest BCUT2D eigenvalue weighted by Crippen LogP contribution is 2.40. The first-order chi connectivity index (χ1) is 54.4. The fourth-order valence-corrected chi connectivity index (χ4v) is 14.8. The van der Waals surface area contributed by atoms with Crippen molar-refractivity contribution in [2.75, 3.05) is 79.1 Å². The van der Waals surface area contributed by atoms with E-state index in [1.807, 2.05) is 133 Å². The molecule has 5 aliphatic heterocycles.